The molecule has 2 N–H and O–H groups in total. The normalized spacial score (nSPS) is 14.2. The predicted molar refractivity (Wildman–Crippen MR) is 125 cm³/mol. The van der Waals surface area contributed by atoms with Gasteiger partial charge >= 0.3 is 0 Å². The second kappa shape index (κ2) is 19.8. The zero-order chi connectivity index (χ0) is 21.8. The number of aliphatic hydroxyl groups is 1. The van der Waals surface area contributed by atoms with Gasteiger partial charge in [-0.1, -0.05) is 117 Å². The predicted octanol–water partition coefficient (Wildman–Crippen LogP) is 7.45. The van der Waals surface area contributed by atoms with Crippen molar-refractivity contribution in [2.45, 2.75) is 154 Å². The Morgan fingerprint density at radius 1 is 0.552 bits per heavy atom. The van der Waals surface area contributed by atoms with Gasteiger partial charge < -0.3 is 5.11 Å². The molecule has 0 bridgehead atoms. The summed E-state index contributed by atoms with van der Waals surface area (Å²) in [6, 6.07) is 0. The second-order valence-electron chi connectivity index (χ2n) is 8.90. The molecule has 0 spiro atoms. The van der Waals surface area contributed by atoms with E-state index in [0.29, 0.717) is 12.8 Å². The number of hydrogen-bond acceptors (Lipinski definition) is 3. The van der Waals surface area contributed by atoms with E-state index in [0.717, 1.165) is 38.5 Å². The Bertz CT molecular complexity index is 436. The fourth-order valence-corrected chi connectivity index (χ4v) is 5.06. The van der Waals surface area contributed by atoms with Crippen LogP contribution in [0.1, 0.15) is 142 Å². The summed E-state index contributed by atoms with van der Waals surface area (Å²) in [5, 5.41) is 9.45. The molecule has 4 nitrogen and oxygen atoms in total. The first-order valence-corrected chi connectivity index (χ1v) is 14.1. The molecule has 2 atom stereocenters. The van der Waals surface area contributed by atoms with Gasteiger partial charge in [0.15, 0.2) is 0 Å². The van der Waals surface area contributed by atoms with Gasteiger partial charge in [-0.15, -0.1) is 0 Å². The quantitative estimate of drug-likeness (QED) is 0.137. The first-order valence-electron chi connectivity index (χ1n) is 12.6. The Kier molecular flexibility index (Phi) is 19.7. The molecule has 0 aromatic rings. The number of aliphatic hydroxyl groups excluding tert-OH is 1. The van der Waals surface area contributed by atoms with Crippen molar-refractivity contribution < 1.29 is 18.1 Å². The van der Waals surface area contributed by atoms with E-state index in [-0.39, 0.29) is 6.10 Å². The van der Waals surface area contributed by atoms with Gasteiger partial charge in [0, 0.05) is 0 Å². The zero-order valence-electron chi connectivity index (χ0n) is 19.4. The van der Waals surface area contributed by atoms with Crippen molar-refractivity contribution in [3.8, 4) is 0 Å². The van der Waals surface area contributed by atoms with Crippen LogP contribution in [0, 0.1) is 0 Å². The fraction of sp³-hybridized carbons (Fsp3) is 1.00. The molecule has 176 valence electrons. The van der Waals surface area contributed by atoms with E-state index in [4.69, 9.17) is 0 Å². The van der Waals surface area contributed by atoms with Crippen LogP contribution in [0.25, 0.3) is 0 Å². The van der Waals surface area contributed by atoms with Crippen molar-refractivity contribution in [1.29, 1.82) is 0 Å². The van der Waals surface area contributed by atoms with Crippen LogP contribution in [-0.2, 0) is 10.1 Å². The molecule has 0 fully saturated rings. The smallest absolute Gasteiger partial charge is 0.267 e. The molecule has 2 unspecified atom stereocenters. The van der Waals surface area contributed by atoms with Crippen molar-refractivity contribution in [3.05, 3.63) is 0 Å². The summed E-state index contributed by atoms with van der Waals surface area (Å²) in [5.74, 6) is 0. The topological polar surface area (TPSA) is 74.6 Å². The van der Waals surface area contributed by atoms with Gasteiger partial charge in [0.2, 0.25) is 0 Å². The molecule has 0 saturated carbocycles. The Balaban J connectivity index is 3.43. The van der Waals surface area contributed by atoms with E-state index < -0.39 is 15.4 Å². The number of rotatable bonds is 22. The SMILES string of the molecule is CCCCCCCCCCCCCCCC(O)CCCCC(CCC)S(=O)(=O)O. The van der Waals surface area contributed by atoms with Crippen LogP contribution < -0.4 is 0 Å². The first-order chi connectivity index (χ1) is 13.9. The van der Waals surface area contributed by atoms with E-state index >= 15 is 0 Å². The molecule has 0 heterocycles. The molecule has 0 aliphatic heterocycles. The molecule has 0 aliphatic rings. The lowest BCUT2D eigenvalue weighted by molar-refractivity contribution is 0.147. The maximum absolute atomic E-state index is 11.3. The highest BCUT2D eigenvalue weighted by molar-refractivity contribution is 7.86. The van der Waals surface area contributed by atoms with Crippen LogP contribution in [-0.4, -0.2) is 29.4 Å². The Hall–Kier alpha value is -0.130. The summed E-state index contributed by atoms with van der Waals surface area (Å²) in [6.45, 7) is 4.19. The van der Waals surface area contributed by atoms with Gasteiger partial charge in [-0.25, -0.2) is 0 Å². The van der Waals surface area contributed by atoms with Crippen molar-refractivity contribution in [3.63, 3.8) is 0 Å². The van der Waals surface area contributed by atoms with Crippen molar-refractivity contribution in [2.75, 3.05) is 0 Å². The van der Waals surface area contributed by atoms with Gasteiger partial charge in [-0.2, -0.15) is 8.42 Å². The standard InChI is InChI=1S/C24H50O4S/c1-3-5-6-7-8-9-10-11-12-13-14-15-16-20-23(25)21-17-18-22-24(19-4-2)29(26,27)28/h23-25H,3-22H2,1-2H3,(H,26,27,28). The molecule has 0 rings (SSSR count). The number of unbranched alkanes of at least 4 members (excludes halogenated alkanes) is 13. The molecule has 0 saturated heterocycles. The Labute approximate surface area is 182 Å². The fourth-order valence-electron chi connectivity index (χ4n) is 4.06. The van der Waals surface area contributed by atoms with Crippen LogP contribution in [0.5, 0.6) is 0 Å². The van der Waals surface area contributed by atoms with E-state index in [1.807, 2.05) is 6.92 Å². The Morgan fingerprint density at radius 3 is 1.34 bits per heavy atom. The van der Waals surface area contributed by atoms with E-state index in [2.05, 4.69) is 6.92 Å². The Morgan fingerprint density at radius 2 is 0.931 bits per heavy atom. The van der Waals surface area contributed by atoms with Crippen LogP contribution in [0.4, 0.5) is 0 Å². The third-order valence-electron chi connectivity index (χ3n) is 5.99. The summed E-state index contributed by atoms with van der Waals surface area (Å²) >= 11 is 0. The third-order valence-corrected chi connectivity index (χ3v) is 7.30. The monoisotopic (exact) mass is 434 g/mol. The summed E-state index contributed by atoms with van der Waals surface area (Å²) in [4.78, 5) is 0. The summed E-state index contributed by atoms with van der Waals surface area (Å²) in [6.07, 6.45) is 22.0. The van der Waals surface area contributed by atoms with Gasteiger partial charge in [-0.05, 0) is 25.7 Å². The molecule has 5 heteroatoms. The molecule has 29 heavy (non-hydrogen) atoms. The molecule has 0 aromatic carbocycles. The van der Waals surface area contributed by atoms with Crippen LogP contribution in [0.2, 0.25) is 0 Å². The zero-order valence-corrected chi connectivity index (χ0v) is 20.2. The van der Waals surface area contributed by atoms with E-state index in [1.165, 1.54) is 77.0 Å². The maximum atomic E-state index is 11.3. The lowest BCUT2D eigenvalue weighted by Gasteiger charge is -2.14. The average molecular weight is 435 g/mol. The maximum Gasteiger partial charge on any atom is 0.267 e. The largest absolute Gasteiger partial charge is 0.393 e. The van der Waals surface area contributed by atoms with Crippen LogP contribution in [0.15, 0.2) is 0 Å². The first kappa shape index (κ1) is 28.9. The minimum absolute atomic E-state index is 0.266. The summed E-state index contributed by atoms with van der Waals surface area (Å²) in [7, 11) is -3.93. The van der Waals surface area contributed by atoms with Crippen LogP contribution >= 0.6 is 0 Å². The molecule has 0 radical (unpaired) electrons. The van der Waals surface area contributed by atoms with Crippen molar-refractivity contribution in [2.24, 2.45) is 0 Å². The minimum Gasteiger partial charge on any atom is -0.393 e. The van der Waals surface area contributed by atoms with Crippen LogP contribution in [0.3, 0.4) is 0 Å². The molecular weight excluding hydrogens is 384 g/mol. The van der Waals surface area contributed by atoms with Crippen molar-refractivity contribution >= 4 is 10.1 Å². The number of hydrogen-bond donors (Lipinski definition) is 2. The second-order valence-corrected chi connectivity index (χ2v) is 10.6. The lowest BCUT2D eigenvalue weighted by Crippen LogP contribution is -2.20. The molecule has 0 aromatic heterocycles. The van der Waals surface area contributed by atoms with E-state index in [9.17, 15) is 18.1 Å². The summed E-state index contributed by atoms with van der Waals surface area (Å²) < 4.78 is 31.8. The van der Waals surface area contributed by atoms with Gasteiger partial charge in [0.1, 0.15) is 0 Å². The third kappa shape index (κ3) is 19.6. The van der Waals surface area contributed by atoms with Gasteiger partial charge in [0.05, 0.1) is 11.4 Å². The van der Waals surface area contributed by atoms with Gasteiger partial charge in [0.25, 0.3) is 10.1 Å². The summed E-state index contributed by atoms with van der Waals surface area (Å²) in [5.41, 5.74) is 0. The molecule has 0 aliphatic carbocycles. The highest BCUT2D eigenvalue weighted by Gasteiger charge is 2.21. The lowest BCUT2D eigenvalue weighted by atomic mass is 10.0. The van der Waals surface area contributed by atoms with Crippen molar-refractivity contribution in [1.82, 2.24) is 0 Å². The average Bonchev–Trinajstić information content (AvgIpc) is 2.67. The molecule has 0 amide bonds. The highest BCUT2D eigenvalue weighted by Crippen LogP contribution is 2.18. The van der Waals surface area contributed by atoms with E-state index in [1.54, 1.807) is 0 Å². The van der Waals surface area contributed by atoms with Gasteiger partial charge in [-0.3, -0.25) is 4.55 Å². The highest BCUT2D eigenvalue weighted by atomic mass is 32.2. The molecular formula is C24H50O4S. The minimum atomic E-state index is -3.93.